The lowest BCUT2D eigenvalue weighted by Crippen LogP contribution is -2.38. The maximum atomic E-state index is 12.9. The Morgan fingerprint density at radius 1 is 0.955 bits per heavy atom. The average Bonchev–Trinajstić information content (AvgIpc) is 3.21. The highest BCUT2D eigenvalue weighted by Gasteiger charge is 2.57. The molecule has 0 radical (unpaired) electrons. The highest BCUT2D eigenvalue weighted by atomic mass is 16.2. The monoisotopic (exact) mass is 290 g/mol. The van der Waals surface area contributed by atoms with Crippen molar-refractivity contribution in [3.05, 3.63) is 54.6 Å². The Hall–Kier alpha value is -2.62. The Labute approximate surface area is 127 Å². The molecule has 2 aliphatic heterocycles. The molecule has 2 aromatic rings. The molecule has 2 bridgehead atoms. The lowest BCUT2D eigenvalue weighted by atomic mass is 10.0. The van der Waals surface area contributed by atoms with Crippen molar-refractivity contribution < 1.29 is 9.59 Å². The van der Waals surface area contributed by atoms with Gasteiger partial charge in [-0.3, -0.25) is 4.79 Å². The molecule has 1 aliphatic carbocycles. The van der Waals surface area contributed by atoms with E-state index in [-0.39, 0.29) is 29.9 Å². The molecular formula is C18H14N2O2. The van der Waals surface area contributed by atoms with Crippen LogP contribution in [0.1, 0.15) is 6.42 Å². The highest BCUT2D eigenvalue weighted by Crippen LogP contribution is 2.44. The standard InChI is InChI=1S/C18H14N2O2/c21-17-16-12-8-9-13(10-12)19(16)18(22)20(17)15-7-3-5-11-4-1-2-6-14(11)15/h1-9,12-13,16H,10H2/t12-,13+,16+/m1/s1. The van der Waals surface area contributed by atoms with Gasteiger partial charge in [0.2, 0.25) is 0 Å². The molecule has 0 saturated carbocycles. The average molecular weight is 290 g/mol. The molecule has 5 rings (SSSR count). The Balaban J connectivity index is 1.67. The van der Waals surface area contributed by atoms with Gasteiger partial charge in [0, 0.05) is 11.3 Å². The number of carbonyl (C=O) groups excluding carboxylic acids is 2. The maximum absolute atomic E-state index is 12.9. The van der Waals surface area contributed by atoms with Gasteiger partial charge < -0.3 is 4.90 Å². The molecule has 4 heteroatoms. The molecule has 108 valence electrons. The van der Waals surface area contributed by atoms with Gasteiger partial charge in [-0.15, -0.1) is 0 Å². The number of amides is 3. The van der Waals surface area contributed by atoms with Gasteiger partial charge in [0.25, 0.3) is 5.91 Å². The largest absolute Gasteiger partial charge is 0.332 e. The van der Waals surface area contributed by atoms with Crippen LogP contribution in [0.2, 0.25) is 0 Å². The van der Waals surface area contributed by atoms with Crippen LogP contribution < -0.4 is 4.90 Å². The number of urea groups is 1. The Morgan fingerprint density at radius 3 is 2.64 bits per heavy atom. The summed E-state index contributed by atoms with van der Waals surface area (Å²) in [6.07, 6.45) is 5.04. The van der Waals surface area contributed by atoms with Gasteiger partial charge in [-0.25, -0.2) is 9.69 Å². The van der Waals surface area contributed by atoms with Crippen molar-refractivity contribution in [1.82, 2.24) is 4.90 Å². The highest BCUT2D eigenvalue weighted by molar-refractivity contribution is 6.25. The van der Waals surface area contributed by atoms with Crippen LogP contribution in [0, 0.1) is 5.92 Å². The lowest BCUT2D eigenvalue weighted by Gasteiger charge is -2.22. The zero-order valence-electron chi connectivity index (χ0n) is 11.8. The van der Waals surface area contributed by atoms with Crippen LogP contribution >= 0.6 is 0 Å². The molecule has 22 heavy (non-hydrogen) atoms. The van der Waals surface area contributed by atoms with E-state index in [0.29, 0.717) is 5.69 Å². The van der Waals surface area contributed by atoms with Crippen LogP contribution in [0.5, 0.6) is 0 Å². The van der Waals surface area contributed by atoms with Gasteiger partial charge >= 0.3 is 6.03 Å². The van der Waals surface area contributed by atoms with Crippen LogP contribution in [0.4, 0.5) is 10.5 Å². The number of nitrogens with zero attached hydrogens (tertiary/aromatic N) is 2. The number of rotatable bonds is 1. The van der Waals surface area contributed by atoms with Crippen LogP contribution in [-0.2, 0) is 4.79 Å². The molecule has 0 aromatic heterocycles. The summed E-state index contributed by atoms with van der Waals surface area (Å²) in [5.74, 6) is 0.0969. The minimum Gasteiger partial charge on any atom is -0.305 e. The fourth-order valence-corrected chi connectivity index (χ4v) is 4.09. The summed E-state index contributed by atoms with van der Waals surface area (Å²) in [6, 6.07) is 13.2. The Bertz CT molecular complexity index is 822. The molecule has 2 saturated heterocycles. The Morgan fingerprint density at radius 2 is 1.77 bits per heavy atom. The van der Waals surface area contributed by atoms with Gasteiger partial charge in [0.15, 0.2) is 0 Å². The van der Waals surface area contributed by atoms with Gasteiger partial charge in [-0.1, -0.05) is 48.6 Å². The summed E-state index contributed by atoms with van der Waals surface area (Å²) in [7, 11) is 0. The van der Waals surface area contributed by atoms with Crippen molar-refractivity contribution in [2.24, 2.45) is 5.92 Å². The summed E-state index contributed by atoms with van der Waals surface area (Å²) < 4.78 is 0. The number of anilines is 1. The quantitative estimate of drug-likeness (QED) is 0.598. The van der Waals surface area contributed by atoms with Crippen LogP contribution in [0.15, 0.2) is 54.6 Å². The van der Waals surface area contributed by atoms with E-state index in [2.05, 4.69) is 12.2 Å². The number of imide groups is 1. The maximum Gasteiger partial charge on any atom is 0.332 e. The minimum atomic E-state index is -0.304. The van der Waals surface area contributed by atoms with E-state index in [4.69, 9.17) is 0 Å². The summed E-state index contributed by atoms with van der Waals surface area (Å²) in [5, 5.41) is 1.97. The molecule has 0 spiro atoms. The molecule has 2 fully saturated rings. The molecule has 3 atom stereocenters. The van der Waals surface area contributed by atoms with Gasteiger partial charge in [0.1, 0.15) is 6.04 Å². The Kier molecular flexibility index (Phi) is 2.16. The number of hydrogen-bond donors (Lipinski definition) is 0. The molecule has 0 unspecified atom stereocenters. The first-order valence-electron chi connectivity index (χ1n) is 7.58. The summed E-state index contributed by atoms with van der Waals surface area (Å²) in [5.41, 5.74) is 0.696. The van der Waals surface area contributed by atoms with Crippen LogP contribution in [-0.4, -0.2) is 28.9 Å². The van der Waals surface area contributed by atoms with Crippen molar-refractivity contribution in [1.29, 1.82) is 0 Å². The summed E-state index contributed by atoms with van der Waals surface area (Å²) in [4.78, 5) is 28.8. The second-order valence-corrected chi connectivity index (χ2v) is 6.16. The smallest absolute Gasteiger partial charge is 0.305 e. The van der Waals surface area contributed by atoms with Crippen molar-refractivity contribution in [2.75, 3.05) is 4.90 Å². The predicted molar refractivity (Wildman–Crippen MR) is 83.5 cm³/mol. The van der Waals surface area contributed by atoms with Gasteiger partial charge in [-0.2, -0.15) is 0 Å². The SMILES string of the molecule is O=C1[C@@H]2[C@@H]3C=C[C@@H](C3)N2C(=O)N1c1cccc2ccccc12. The zero-order valence-corrected chi connectivity index (χ0v) is 11.8. The second-order valence-electron chi connectivity index (χ2n) is 6.16. The van der Waals surface area contributed by atoms with Crippen LogP contribution in [0.3, 0.4) is 0 Å². The zero-order chi connectivity index (χ0) is 14.8. The van der Waals surface area contributed by atoms with E-state index in [1.54, 1.807) is 4.90 Å². The fraction of sp³-hybridized carbons (Fsp3) is 0.222. The van der Waals surface area contributed by atoms with E-state index >= 15 is 0 Å². The molecular weight excluding hydrogens is 276 g/mol. The van der Waals surface area contributed by atoms with Crippen molar-refractivity contribution >= 4 is 28.4 Å². The van der Waals surface area contributed by atoms with Crippen molar-refractivity contribution in [2.45, 2.75) is 18.5 Å². The molecule has 2 aromatic carbocycles. The number of hydrogen-bond acceptors (Lipinski definition) is 2. The first-order valence-corrected chi connectivity index (χ1v) is 7.58. The fourth-order valence-electron chi connectivity index (χ4n) is 4.09. The normalized spacial score (nSPS) is 29.0. The minimum absolute atomic E-state index is 0.0850. The van der Waals surface area contributed by atoms with E-state index < -0.39 is 0 Å². The molecule has 0 N–H and O–H groups in total. The topological polar surface area (TPSA) is 40.6 Å². The third kappa shape index (κ3) is 1.32. The third-order valence-electron chi connectivity index (χ3n) is 5.05. The van der Waals surface area contributed by atoms with E-state index in [9.17, 15) is 9.59 Å². The summed E-state index contributed by atoms with van der Waals surface area (Å²) >= 11 is 0. The second kappa shape index (κ2) is 3.97. The first kappa shape index (κ1) is 12.0. The third-order valence-corrected chi connectivity index (χ3v) is 5.05. The van der Waals surface area contributed by atoms with Gasteiger partial charge in [0.05, 0.1) is 11.7 Å². The van der Waals surface area contributed by atoms with Gasteiger partial charge in [-0.05, 0) is 17.9 Å². The first-order chi connectivity index (χ1) is 10.8. The van der Waals surface area contributed by atoms with E-state index in [1.165, 1.54) is 4.90 Å². The predicted octanol–water partition coefficient (Wildman–Crippen LogP) is 2.94. The van der Waals surface area contributed by atoms with Crippen molar-refractivity contribution in [3.8, 4) is 0 Å². The molecule has 4 nitrogen and oxygen atoms in total. The summed E-state index contributed by atoms with van der Waals surface area (Å²) in [6.45, 7) is 0. The number of benzene rings is 2. The molecule has 2 heterocycles. The molecule has 3 amide bonds. The molecule has 3 aliphatic rings. The van der Waals surface area contributed by atoms with E-state index in [1.807, 2.05) is 42.5 Å². The van der Waals surface area contributed by atoms with Crippen molar-refractivity contribution in [3.63, 3.8) is 0 Å². The van der Waals surface area contributed by atoms with E-state index in [0.717, 1.165) is 17.2 Å². The lowest BCUT2D eigenvalue weighted by molar-refractivity contribution is -0.119. The van der Waals surface area contributed by atoms with Crippen LogP contribution in [0.25, 0.3) is 10.8 Å². The number of fused-ring (bicyclic) bond motifs is 6. The number of carbonyl (C=O) groups is 2.